The predicted molar refractivity (Wildman–Crippen MR) is 127 cm³/mol. The van der Waals surface area contributed by atoms with Gasteiger partial charge in [0.25, 0.3) is 0 Å². The Morgan fingerprint density at radius 2 is 1.97 bits per heavy atom. The van der Waals surface area contributed by atoms with Crippen LogP contribution in [0.3, 0.4) is 0 Å². The number of unbranched alkanes of at least 4 members (excludes halogenated alkanes) is 1. The number of amides is 1. The van der Waals surface area contributed by atoms with Gasteiger partial charge in [0.15, 0.2) is 16.9 Å². The predicted octanol–water partition coefficient (Wildman–Crippen LogP) is 4.32. The summed E-state index contributed by atoms with van der Waals surface area (Å²) in [6, 6.07) is 11.4. The number of rotatable bonds is 7. The van der Waals surface area contributed by atoms with Crippen molar-refractivity contribution in [3.63, 3.8) is 0 Å². The van der Waals surface area contributed by atoms with E-state index in [1.807, 2.05) is 12.1 Å². The lowest BCUT2D eigenvalue weighted by Crippen LogP contribution is -2.51. The Hall–Kier alpha value is -4.03. The summed E-state index contributed by atoms with van der Waals surface area (Å²) in [5.41, 5.74) is -0.862. The monoisotopic (exact) mass is 475 g/mol. The molecule has 1 N–H and O–H groups in total. The number of benzene rings is 1. The first-order chi connectivity index (χ1) is 16.9. The highest BCUT2D eigenvalue weighted by Gasteiger charge is 2.56. The minimum Gasteiger partial charge on any atom is -0.493 e. The lowest BCUT2D eigenvalue weighted by molar-refractivity contribution is 0.0917. The van der Waals surface area contributed by atoms with Crippen LogP contribution < -0.4 is 9.47 Å². The summed E-state index contributed by atoms with van der Waals surface area (Å²) in [4.78, 5) is 14.1. The molecule has 182 valence electrons. The van der Waals surface area contributed by atoms with E-state index in [2.05, 4.69) is 13.0 Å². The topological polar surface area (TPSA) is 143 Å². The molecular weight excluding hydrogens is 446 g/mol. The van der Waals surface area contributed by atoms with E-state index >= 15 is 0 Å². The smallest absolute Gasteiger partial charge is 0.409 e. The molecule has 0 spiro atoms. The standard InChI is InChI=1S/C26H29N5O4/c1-4-6-11-35-21-8-7-17(12-22(21)33-3)23-20-14-31(25(32)34-5-2)10-9-18(20)19(13-27)24(30)26(23,15-28)16-29/h7-8,12,20,23,30H,4-6,9-11,14H2,1-3H3. The molecule has 0 saturated carbocycles. The van der Waals surface area contributed by atoms with Crippen LogP contribution in [0.4, 0.5) is 4.79 Å². The number of piperidine rings is 1. The molecule has 0 aromatic heterocycles. The molecule has 3 rings (SSSR count). The van der Waals surface area contributed by atoms with Crippen molar-refractivity contribution in [1.82, 2.24) is 4.90 Å². The van der Waals surface area contributed by atoms with Gasteiger partial charge in [-0.25, -0.2) is 4.79 Å². The average molecular weight is 476 g/mol. The number of fused-ring (bicyclic) bond motifs is 1. The van der Waals surface area contributed by atoms with E-state index in [0.29, 0.717) is 42.2 Å². The fourth-order valence-corrected chi connectivity index (χ4v) is 4.90. The van der Waals surface area contributed by atoms with Crippen LogP contribution in [0.25, 0.3) is 0 Å². The van der Waals surface area contributed by atoms with Gasteiger partial charge in [-0.1, -0.05) is 19.4 Å². The molecule has 1 aromatic carbocycles. The molecular formula is C26H29N5O4. The van der Waals surface area contributed by atoms with Crippen LogP contribution in [0.2, 0.25) is 0 Å². The van der Waals surface area contributed by atoms with Crippen LogP contribution in [-0.4, -0.2) is 50.1 Å². The molecule has 1 fully saturated rings. The number of hydrogen-bond donors (Lipinski definition) is 1. The van der Waals surface area contributed by atoms with Gasteiger partial charge in [-0.05, 0) is 43.0 Å². The molecule has 2 aliphatic rings. The Labute approximate surface area is 205 Å². The molecule has 0 radical (unpaired) electrons. The minimum absolute atomic E-state index is 0.0596. The number of nitrogens with zero attached hydrogens (tertiary/aromatic N) is 4. The van der Waals surface area contributed by atoms with Gasteiger partial charge in [-0.15, -0.1) is 0 Å². The molecule has 9 heteroatoms. The highest BCUT2D eigenvalue weighted by Crippen LogP contribution is 2.53. The summed E-state index contributed by atoms with van der Waals surface area (Å²) in [6.07, 6.45) is 1.73. The van der Waals surface area contributed by atoms with Crippen molar-refractivity contribution in [3.8, 4) is 29.7 Å². The Bertz CT molecular complexity index is 1140. The third-order valence-corrected chi connectivity index (χ3v) is 6.64. The summed E-state index contributed by atoms with van der Waals surface area (Å²) < 4.78 is 16.6. The molecule has 1 saturated heterocycles. The van der Waals surface area contributed by atoms with Gasteiger partial charge in [0.1, 0.15) is 6.07 Å². The maximum Gasteiger partial charge on any atom is 0.409 e. The summed E-state index contributed by atoms with van der Waals surface area (Å²) in [5, 5.41) is 39.0. The van der Waals surface area contributed by atoms with Crippen LogP contribution >= 0.6 is 0 Å². The van der Waals surface area contributed by atoms with Gasteiger partial charge in [0, 0.05) is 24.9 Å². The van der Waals surface area contributed by atoms with Gasteiger partial charge in [-0.2, -0.15) is 15.8 Å². The number of likely N-dealkylation sites (tertiary alicyclic amines) is 1. The van der Waals surface area contributed by atoms with E-state index in [0.717, 1.165) is 12.8 Å². The largest absolute Gasteiger partial charge is 0.493 e. The van der Waals surface area contributed by atoms with Crippen molar-refractivity contribution in [2.45, 2.75) is 39.0 Å². The van der Waals surface area contributed by atoms with Gasteiger partial charge in [0.05, 0.1) is 43.7 Å². The van der Waals surface area contributed by atoms with Crippen LogP contribution in [0.15, 0.2) is 29.3 Å². The van der Waals surface area contributed by atoms with Crippen LogP contribution in [-0.2, 0) is 4.74 Å². The Morgan fingerprint density at radius 3 is 2.57 bits per heavy atom. The van der Waals surface area contributed by atoms with E-state index < -0.39 is 23.3 Å². The van der Waals surface area contributed by atoms with Crippen LogP contribution in [0.1, 0.15) is 44.6 Å². The first kappa shape index (κ1) is 25.6. The van der Waals surface area contributed by atoms with E-state index in [1.165, 1.54) is 12.0 Å². The van der Waals surface area contributed by atoms with Gasteiger partial charge in [0.2, 0.25) is 0 Å². The third kappa shape index (κ3) is 4.53. The fourth-order valence-electron chi connectivity index (χ4n) is 4.90. The summed E-state index contributed by atoms with van der Waals surface area (Å²) >= 11 is 0. The highest BCUT2D eigenvalue weighted by atomic mass is 16.6. The molecule has 1 aliphatic heterocycles. The SMILES string of the molecule is CCCCOc1ccc(C2C3CN(C(=O)OCC)CCC3=C(C#N)C(=N)C2(C#N)C#N)cc1OC. The van der Waals surface area contributed by atoms with E-state index in [9.17, 15) is 20.6 Å². The molecule has 2 unspecified atom stereocenters. The maximum absolute atomic E-state index is 12.5. The molecule has 1 heterocycles. The average Bonchev–Trinajstić information content (AvgIpc) is 2.88. The zero-order valence-corrected chi connectivity index (χ0v) is 20.3. The van der Waals surface area contributed by atoms with Crippen molar-refractivity contribution in [2.24, 2.45) is 11.3 Å². The number of allylic oxidation sites excluding steroid dienone is 1. The molecule has 0 bridgehead atoms. The number of methoxy groups -OCH3 is 1. The van der Waals surface area contributed by atoms with Gasteiger partial charge < -0.3 is 24.5 Å². The van der Waals surface area contributed by atoms with Crippen molar-refractivity contribution < 1.29 is 19.0 Å². The Kier molecular flexibility index (Phi) is 7.99. The Morgan fingerprint density at radius 1 is 1.23 bits per heavy atom. The van der Waals surface area contributed by atoms with Gasteiger partial charge in [-0.3, -0.25) is 0 Å². The van der Waals surface area contributed by atoms with Crippen molar-refractivity contribution in [1.29, 1.82) is 21.2 Å². The molecule has 1 aliphatic carbocycles. The molecule has 35 heavy (non-hydrogen) atoms. The van der Waals surface area contributed by atoms with Crippen LogP contribution in [0, 0.1) is 50.7 Å². The maximum atomic E-state index is 12.5. The second kappa shape index (κ2) is 10.9. The summed E-state index contributed by atoms with van der Waals surface area (Å²) in [5.74, 6) is -0.328. The van der Waals surface area contributed by atoms with Crippen LogP contribution in [0.5, 0.6) is 11.5 Å². The molecule has 2 atom stereocenters. The number of carbonyl (C=O) groups is 1. The lowest BCUT2D eigenvalue weighted by atomic mass is 9.56. The molecule has 1 aromatic rings. The first-order valence-electron chi connectivity index (χ1n) is 11.7. The fraction of sp³-hybridized carbons (Fsp3) is 0.500. The number of nitriles is 3. The number of ether oxygens (including phenoxy) is 3. The summed E-state index contributed by atoms with van der Waals surface area (Å²) in [6.45, 7) is 5.02. The van der Waals surface area contributed by atoms with Crippen molar-refractivity contribution in [2.75, 3.05) is 33.4 Å². The summed E-state index contributed by atoms with van der Waals surface area (Å²) in [7, 11) is 1.51. The molecule has 1 amide bonds. The zero-order chi connectivity index (χ0) is 25.6. The highest BCUT2D eigenvalue weighted by molar-refractivity contribution is 6.11. The van der Waals surface area contributed by atoms with E-state index in [-0.39, 0.29) is 24.4 Å². The van der Waals surface area contributed by atoms with Crippen molar-refractivity contribution in [3.05, 3.63) is 34.9 Å². The quantitative estimate of drug-likeness (QED) is 0.578. The third-order valence-electron chi connectivity index (χ3n) is 6.64. The first-order valence-corrected chi connectivity index (χ1v) is 11.7. The molecule has 9 nitrogen and oxygen atoms in total. The number of hydrogen-bond acceptors (Lipinski definition) is 8. The number of carbonyl (C=O) groups excluding carboxylic acids is 1. The number of nitrogens with one attached hydrogen (secondary N) is 1. The van der Waals surface area contributed by atoms with E-state index in [4.69, 9.17) is 19.6 Å². The van der Waals surface area contributed by atoms with Gasteiger partial charge >= 0.3 is 6.09 Å². The van der Waals surface area contributed by atoms with E-state index in [1.54, 1.807) is 25.1 Å². The normalized spacial score (nSPS) is 20.7. The zero-order valence-electron chi connectivity index (χ0n) is 20.3. The van der Waals surface area contributed by atoms with Crippen molar-refractivity contribution >= 4 is 11.8 Å². The lowest BCUT2D eigenvalue weighted by Gasteiger charge is -2.46. The second-order valence-electron chi connectivity index (χ2n) is 8.51. The minimum atomic E-state index is -1.91. The Balaban J connectivity index is 2.16. The second-order valence-corrected chi connectivity index (χ2v) is 8.51.